The minimum absolute atomic E-state index is 0.313. The quantitative estimate of drug-likeness (QED) is 0.334. The first-order valence-electron chi connectivity index (χ1n) is 2.90. The molecule has 9 heavy (non-hydrogen) atoms. The van der Waals surface area contributed by atoms with E-state index in [1.165, 1.54) is 0 Å². The largest absolute Gasteiger partial charge is 0.285 e. The molecule has 3 nitrogen and oxygen atoms in total. The van der Waals surface area contributed by atoms with Crippen molar-refractivity contribution >= 4 is 5.84 Å². The Morgan fingerprint density at radius 2 is 2.33 bits per heavy atom. The molecule has 0 saturated heterocycles. The molecule has 0 atom stereocenters. The van der Waals surface area contributed by atoms with Crippen molar-refractivity contribution in [1.82, 2.24) is 0 Å². The molecule has 0 aliphatic heterocycles. The smallest absolute Gasteiger partial charge is 0.143 e. The summed E-state index contributed by atoms with van der Waals surface area (Å²) in [5, 5.41) is 14.2. The Labute approximate surface area is 55.0 Å². The molecule has 0 fully saturated rings. The van der Waals surface area contributed by atoms with Gasteiger partial charge in [-0.1, -0.05) is 13.0 Å². The third-order valence-corrected chi connectivity index (χ3v) is 0.729. The molecule has 0 amide bonds. The van der Waals surface area contributed by atoms with Gasteiger partial charge in [0.2, 0.25) is 0 Å². The third-order valence-electron chi connectivity index (χ3n) is 0.729. The van der Waals surface area contributed by atoms with Crippen molar-refractivity contribution in [3.8, 4) is 0 Å². The first-order chi connectivity index (χ1) is 4.31. The van der Waals surface area contributed by atoms with Crippen LogP contribution in [0.25, 0.3) is 0 Å². The zero-order valence-corrected chi connectivity index (χ0v) is 5.76. The maximum atomic E-state index is 7.02. The lowest BCUT2D eigenvalue weighted by Crippen LogP contribution is -1.83. The van der Waals surface area contributed by atoms with E-state index in [0.29, 0.717) is 12.3 Å². The number of allylic oxidation sites excluding steroid dienone is 1. The van der Waals surface area contributed by atoms with Gasteiger partial charge >= 0.3 is 0 Å². The Morgan fingerprint density at radius 1 is 1.67 bits per heavy atom. The van der Waals surface area contributed by atoms with Crippen LogP contribution in [-0.4, -0.2) is 5.84 Å². The Morgan fingerprint density at radius 3 is 2.78 bits per heavy atom. The maximum Gasteiger partial charge on any atom is 0.143 e. The van der Waals surface area contributed by atoms with Crippen LogP contribution in [0.2, 0.25) is 0 Å². The summed E-state index contributed by atoms with van der Waals surface area (Å²) in [6.07, 6.45) is 3.97. The van der Waals surface area contributed by atoms with Crippen molar-refractivity contribution in [1.29, 1.82) is 5.41 Å². The van der Waals surface area contributed by atoms with Gasteiger partial charge in [0, 0.05) is 12.6 Å². The van der Waals surface area contributed by atoms with Gasteiger partial charge in [0.25, 0.3) is 0 Å². The Bertz CT molecular complexity index is 135. The van der Waals surface area contributed by atoms with E-state index in [0.717, 1.165) is 0 Å². The van der Waals surface area contributed by atoms with Crippen molar-refractivity contribution in [3.05, 3.63) is 12.3 Å². The Balaban J connectivity index is 3.57. The molecule has 0 aromatic carbocycles. The summed E-state index contributed by atoms with van der Waals surface area (Å²) in [5.41, 5.74) is 0. The fraction of sp³-hybridized carbons (Fsp3) is 0.500. The second-order valence-corrected chi connectivity index (χ2v) is 1.50. The normalized spacial score (nSPS) is 11.3. The van der Waals surface area contributed by atoms with Gasteiger partial charge in [-0.15, -0.1) is 5.11 Å². The number of rotatable bonds is 2. The fourth-order valence-corrected chi connectivity index (χ4v) is 0.240. The second-order valence-electron chi connectivity index (χ2n) is 1.50. The van der Waals surface area contributed by atoms with Crippen LogP contribution in [0.15, 0.2) is 22.5 Å². The molecular weight excluding hydrogens is 114 g/mol. The van der Waals surface area contributed by atoms with Crippen LogP contribution in [0, 0.1) is 5.41 Å². The van der Waals surface area contributed by atoms with Gasteiger partial charge < -0.3 is 0 Å². The molecule has 0 aromatic rings. The number of azo groups is 1. The van der Waals surface area contributed by atoms with Crippen LogP contribution in [0.3, 0.4) is 0 Å². The molecule has 0 saturated carbocycles. The van der Waals surface area contributed by atoms with Crippen molar-refractivity contribution in [2.24, 2.45) is 10.2 Å². The number of amidine groups is 1. The van der Waals surface area contributed by atoms with Crippen LogP contribution in [0.1, 0.15) is 20.3 Å². The molecule has 0 bridgehead atoms. The third kappa shape index (κ3) is 4.87. The van der Waals surface area contributed by atoms with Crippen LogP contribution >= 0.6 is 0 Å². The molecule has 1 N–H and O–H groups in total. The SMILES string of the molecule is C/C=C\N=NC(=N)CC. The van der Waals surface area contributed by atoms with Crippen molar-refractivity contribution in [2.45, 2.75) is 20.3 Å². The average molecular weight is 125 g/mol. The standard InChI is InChI=1S/C6H11N3/c1-3-5-8-9-6(7)4-2/h3,5,7H,4H2,1-2H3/b5-3-,7-6?,9-8?. The monoisotopic (exact) mass is 125 g/mol. The van der Waals surface area contributed by atoms with E-state index in [-0.39, 0.29) is 0 Å². The van der Waals surface area contributed by atoms with Gasteiger partial charge in [-0.2, -0.15) is 5.11 Å². The number of hydrogen-bond acceptors (Lipinski definition) is 2. The summed E-state index contributed by atoms with van der Waals surface area (Å²) in [4.78, 5) is 0. The summed E-state index contributed by atoms with van der Waals surface area (Å²) in [5.74, 6) is 0.313. The van der Waals surface area contributed by atoms with E-state index < -0.39 is 0 Å². The molecular formula is C6H11N3. The highest BCUT2D eigenvalue weighted by molar-refractivity contribution is 5.78. The first-order valence-corrected chi connectivity index (χ1v) is 2.90. The predicted octanol–water partition coefficient (Wildman–Crippen LogP) is 2.36. The topological polar surface area (TPSA) is 48.6 Å². The molecule has 0 unspecified atom stereocenters. The van der Waals surface area contributed by atoms with Crippen LogP contribution < -0.4 is 0 Å². The molecule has 0 aliphatic carbocycles. The van der Waals surface area contributed by atoms with E-state index >= 15 is 0 Å². The summed E-state index contributed by atoms with van der Waals surface area (Å²) in [7, 11) is 0. The fourth-order valence-electron chi connectivity index (χ4n) is 0.240. The average Bonchev–Trinajstić information content (AvgIpc) is 1.89. The number of nitrogens with zero attached hydrogens (tertiary/aromatic N) is 2. The molecule has 0 heterocycles. The first kappa shape index (κ1) is 8.01. The Kier molecular flexibility index (Phi) is 4.59. The lowest BCUT2D eigenvalue weighted by Gasteiger charge is -1.82. The molecule has 0 spiro atoms. The van der Waals surface area contributed by atoms with Gasteiger partial charge in [-0.3, -0.25) is 5.41 Å². The zero-order valence-electron chi connectivity index (χ0n) is 5.76. The van der Waals surface area contributed by atoms with E-state index in [2.05, 4.69) is 10.2 Å². The molecule has 0 radical (unpaired) electrons. The van der Waals surface area contributed by atoms with E-state index in [9.17, 15) is 0 Å². The molecule has 3 heteroatoms. The summed E-state index contributed by atoms with van der Waals surface area (Å²) in [6, 6.07) is 0. The van der Waals surface area contributed by atoms with Gasteiger partial charge in [-0.25, -0.2) is 0 Å². The van der Waals surface area contributed by atoms with Crippen LogP contribution in [-0.2, 0) is 0 Å². The van der Waals surface area contributed by atoms with E-state index in [4.69, 9.17) is 5.41 Å². The van der Waals surface area contributed by atoms with Crippen molar-refractivity contribution < 1.29 is 0 Å². The van der Waals surface area contributed by atoms with Gasteiger partial charge in [0.1, 0.15) is 5.84 Å². The van der Waals surface area contributed by atoms with Gasteiger partial charge in [0.05, 0.1) is 0 Å². The highest BCUT2D eigenvalue weighted by Gasteiger charge is 1.82. The second kappa shape index (κ2) is 5.15. The lowest BCUT2D eigenvalue weighted by molar-refractivity contribution is 1.14. The molecule has 0 aromatic heterocycles. The summed E-state index contributed by atoms with van der Waals surface area (Å²) >= 11 is 0. The minimum atomic E-state index is 0.313. The highest BCUT2D eigenvalue weighted by atomic mass is 15.1. The zero-order chi connectivity index (χ0) is 7.11. The van der Waals surface area contributed by atoms with Gasteiger partial charge in [-0.05, 0) is 6.92 Å². The predicted molar refractivity (Wildman–Crippen MR) is 37.7 cm³/mol. The Hall–Kier alpha value is -0.990. The molecule has 50 valence electrons. The molecule has 0 rings (SSSR count). The van der Waals surface area contributed by atoms with Crippen molar-refractivity contribution in [2.75, 3.05) is 0 Å². The summed E-state index contributed by atoms with van der Waals surface area (Å²) < 4.78 is 0. The van der Waals surface area contributed by atoms with E-state index in [1.54, 1.807) is 12.3 Å². The minimum Gasteiger partial charge on any atom is -0.285 e. The summed E-state index contributed by atoms with van der Waals surface area (Å²) in [6.45, 7) is 3.73. The van der Waals surface area contributed by atoms with Crippen molar-refractivity contribution in [3.63, 3.8) is 0 Å². The van der Waals surface area contributed by atoms with E-state index in [1.807, 2.05) is 13.8 Å². The van der Waals surface area contributed by atoms with Crippen LogP contribution in [0.5, 0.6) is 0 Å². The van der Waals surface area contributed by atoms with Gasteiger partial charge in [0.15, 0.2) is 0 Å². The lowest BCUT2D eigenvalue weighted by atomic mass is 10.5. The van der Waals surface area contributed by atoms with Crippen LogP contribution in [0.4, 0.5) is 0 Å². The maximum absolute atomic E-state index is 7.02. The highest BCUT2D eigenvalue weighted by Crippen LogP contribution is 1.85. The number of nitrogens with one attached hydrogen (secondary N) is 1. The number of hydrogen-bond donors (Lipinski definition) is 1. The molecule has 0 aliphatic rings.